The van der Waals surface area contributed by atoms with Crippen LogP contribution in [-0.2, 0) is 11.3 Å². The van der Waals surface area contributed by atoms with Crippen LogP contribution in [0.25, 0.3) is 0 Å². The second-order valence-electron chi connectivity index (χ2n) is 6.12. The summed E-state index contributed by atoms with van der Waals surface area (Å²) in [4.78, 5) is 4.54. The van der Waals surface area contributed by atoms with Gasteiger partial charge in [-0.2, -0.15) is 10.4 Å². The van der Waals surface area contributed by atoms with Crippen LogP contribution in [0.1, 0.15) is 18.1 Å². The number of nitriles is 1. The summed E-state index contributed by atoms with van der Waals surface area (Å²) in [7, 11) is 0. The zero-order valence-electron chi connectivity index (χ0n) is 14.5. The minimum Gasteiger partial charge on any atom is -0.374 e. The number of morpholine rings is 1. The van der Waals surface area contributed by atoms with Crippen LogP contribution >= 0.6 is 0 Å². The minimum absolute atomic E-state index is 0.116. The molecule has 0 spiro atoms. The Morgan fingerprint density at radius 1 is 1.32 bits per heavy atom. The van der Waals surface area contributed by atoms with E-state index < -0.39 is 0 Å². The van der Waals surface area contributed by atoms with E-state index in [1.807, 2.05) is 36.4 Å². The number of benzene rings is 1. The first-order valence-corrected chi connectivity index (χ1v) is 8.64. The zero-order chi connectivity index (χ0) is 17.5. The molecule has 6 nitrogen and oxygen atoms in total. The average molecular weight is 337 g/mol. The molecule has 6 heteroatoms. The number of nitrogens with zero attached hydrogens (tertiary/aromatic N) is 5. The van der Waals surface area contributed by atoms with Gasteiger partial charge in [0.25, 0.3) is 0 Å². The van der Waals surface area contributed by atoms with E-state index in [0.717, 1.165) is 49.7 Å². The summed E-state index contributed by atoms with van der Waals surface area (Å²) in [6, 6.07) is 13.9. The molecule has 0 aliphatic carbocycles. The summed E-state index contributed by atoms with van der Waals surface area (Å²) in [5.41, 5.74) is 1.83. The van der Waals surface area contributed by atoms with Crippen molar-refractivity contribution in [1.29, 1.82) is 5.26 Å². The molecule has 130 valence electrons. The summed E-state index contributed by atoms with van der Waals surface area (Å²) >= 11 is 0. The predicted molar refractivity (Wildman–Crippen MR) is 96.1 cm³/mol. The number of aromatic nitrogens is 2. The first-order chi connectivity index (χ1) is 12.3. The second-order valence-corrected chi connectivity index (χ2v) is 6.12. The lowest BCUT2D eigenvalue weighted by Crippen LogP contribution is -2.47. The summed E-state index contributed by atoms with van der Waals surface area (Å²) in [5.74, 6) is 0.876. The quantitative estimate of drug-likeness (QED) is 0.804. The molecule has 0 unspecified atom stereocenters. The maximum atomic E-state index is 9.26. The Bertz CT molecular complexity index is 715. The minimum atomic E-state index is 0.116. The van der Waals surface area contributed by atoms with E-state index in [4.69, 9.17) is 4.74 Å². The summed E-state index contributed by atoms with van der Waals surface area (Å²) in [6.07, 6.45) is 1.80. The van der Waals surface area contributed by atoms with E-state index in [-0.39, 0.29) is 6.10 Å². The molecule has 0 amide bonds. The molecule has 1 aromatic carbocycles. The SMILES string of the molecule is CCN(C[C@@H]1CN(Cc2ccccc2C#N)CCO1)c1cccnn1. The van der Waals surface area contributed by atoms with Gasteiger partial charge in [0.2, 0.25) is 0 Å². The lowest BCUT2D eigenvalue weighted by atomic mass is 10.1. The molecule has 1 saturated heterocycles. The van der Waals surface area contributed by atoms with Gasteiger partial charge >= 0.3 is 0 Å². The Balaban J connectivity index is 1.62. The van der Waals surface area contributed by atoms with E-state index in [0.29, 0.717) is 6.61 Å². The average Bonchev–Trinajstić information content (AvgIpc) is 2.67. The van der Waals surface area contributed by atoms with Crippen LogP contribution in [0.3, 0.4) is 0 Å². The molecule has 2 heterocycles. The molecule has 0 bridgehead atoms. The van der Waals surface area contributed by atoms with Crippen molar-refractivity contribution in [3.8, 4) is 6.07 Å². The molecule has 25 heavy (non-hydrogen) atoms. The standard InChI is InChI=1S/C19H23N5O/c1-2-24(19-8-5-9-21-22-19)15-18-14-23(10-11-25-18)13-17-7-4-3-6-16(17)12-20/h3-9,18H,2,10-11,13-15H2,1H3/t18-/m0/s1. The summed E-state index contributed by atoms with van der Waals surface area (Å²) in [5, 5.41) is 17.4. The number of rotatable bonds is 6. The van der Waals surface area contributed by atoms with Crippen LogP contribution in [-0.4, -0.2) is 54.0 Å². The first kappa shape index (κ1) is 17.3. The van der Waals surface area contributed by atoms with Crippen LogP contribution in [0.5, 0.6) is 0 Å². The molecule has 1 aliphatic rings. The number of ether oxygens (including phenoxy) is 1. The highest BCUT2D eigenvalue weighted by Gasteiger charge is 2.23. The smallest absolute Gasteiger partial charge is 0.151 e. The lowest BCUT2D eigenvalue weighted by Gasteiger charge is -2.35. The van der Waals surface area contributed by atoms with Gasteiger partial charge in [0.05, 0.1) is 24.3 Å². The van der Waals surface area contributed by atoms with E-state index in [2.05, 4.69) is 33.0 Å². The third kappa shape index (κ3) is 4.53. The topological polar surface area (TPSA) is 65.3 Å². The van der Waals surface area contributed by atoms with E-state index in [1.165, 1.54) is 0 Å². The Labute approximate surface area is 148 Å². The fraction of sp³-hybridized carbons (Fsp3) is 0.421. The Hall–Kier alpha value is -2.49. The Morgan fingerprint density at radius 3 is 2.96 bits per heavy atom. The molecule has 0 N–H and O–H groups in total. The van der Waals surface area contributed by atoms with Crippen molar-refractivity contribution >= 4 is 5.82 Å². The maximum Gasteiger partial charge on any atom is 0.151 e. The summed E-state index contributed by atoms with van der Waals surface area (Å²) < 4.78 is 5.96. The molecule has 1 fully saturated rings. The molecular weight excluding hydrogens is 314 g/mol. The van der Waals surface area contributed by atoms with Crippen LogP contribution in [0.15, 0.2) is 42.6 Å². The van der Waals surface area contributed by atoms with Crippen molar-refractivity contribution in [2.75, 3.05) is 37.7 Å². The van der Waals surface area contributed by atoms with Crippen molar-refractivity contribution in [1.82, 2.24) is 15.1 Å². The second kappa shape index (κ2) is 8.56. The Morgan fingerprint density at radius 2 is 2.20 bits per heavy atom. The predicted octanol–water partition coefficient (Wildman–Crippen LogP) is 2.08. The van der Waals surface area contributed by atoms with Crippen molar-refractivity contribution in [3.05, 3.63) is 53.7 Å². The van der Waals surface area contributed by atoms with Crippen LogP contribution in [0, 0.1) is 11.3 Å². The van der Waals surface area contributed by atoms with Gasteiger partial charge in [-0.25, -0.2) is 0 Å². The van der Waals surface area contributed by atoms with Crippen molar-refractivity contribution in [2.24, 2.45) is 0 Å². The number of hydrogen-bond donors (Lipinski definition) is 0. The van der Waals surface area contributed by atoms with Gasteiger partial charge in [-0.05, 0) is 30.7 Å². The highest BCUT2D eigenvalue weighted by Crippen LogP contribution is 2.16. The van der Waals surface area contributed by atoms with Gasteiger partial charge in [-0.1, -0.05) is 18.2 Å². The zero-order valence-corrected chi connectivity index (χ0v) is 14.5. The number of hydrogen-bond acceptors (Lipinski definition) is 6. The van der Waals surface area contributed by atoms with Crippen LogP contribution in [0.4, 0.5) is 5.82 Å². The van der Waals surface area contributed by atoms with Gasteiger partial charge in [-0.3, -0.25) is 4.90 Å². The summed E-state index contributed by atoms with van der Waals surface area (Å²) in [6.45, 7) is 6.96. The van der Waals surface area contributed by atoms with Gasteiger partial charge < -0.3 is 9.64 Å². The third-order valence-corrected chi connectivity index (χ3v) is 4.44. The van der Waals surface area contributed by atoms with Crippen molar-refractivity contribution < 1.29 is 4.74 Å². The molecule has 0 radical (unpaired) electrons. The maximum absolute atomic E-state index is 9.26. The highest BCUT2D eigenvalue weighted by molar-refractivity contribution is 5.37. The van der Waals surface area contributed by atoms with Gasteiger partial charge in [0.1, 0.15) is 0 Å². The van der Waals surface area contributed by atoms with E-state index in [1.54, 1.807) is 6.20 Å². The normalized spacial score (nSPS) is 17.8. The monoisotopic (exact) mass is 337 g/mol. The van der Waals surface area contributed by atoms with Gasteiger partial charge in [-0.15, -0.1) is 5.10 Å². The fourth-order valence-corrected chi connectivity index (χ4v) is 3.14. The number of anilines is 1. The van der Waals surface area contributed by atoms with Crippen LogP contribution in [0.2, 0.25) is 0 Å². The first-order valence-electron chi connectivity index (χ1n) is 8.64. The van der Waals surface area contributed by atoms with Crippen molar-refractivity contribution in [2.45, 2.75) is 19.6 Å². The fourth-order valence-electron chi connectivity index (χ4n) is 3.14. The number of likely N-dealkylation sites (N-methyl/N-ethyl adjacent to an activating group) is 1. The largest absolute Gasteiger partial charge is 0.374 e. The van der Waals surface area contributed by atoms with Gasteiger partial charge in [0, 0.05) is 38.9 Å². The van der Waals surface area contributed by atoms with Crippen LogP contribution < -0.4 is 4.90 Å². The third-order valence-electron chi connectivity index (χ3n) is 4.44. The molecule has 1 atom stereocenters. The molecule has 1 aliphatic heterocycles. The van der Waals surface area contributed by atoms with E-state index in [9.17, 15) is 5.26 Å². The lowest BCUT2D eigenvalue weighted by molar-refractivity contribution is -0.0268. The van der Waals surface area contributed by atoms with E-state index >= 15 is 0 Å². The molecule has 1 aromatic heterocycles. The molecular formula is C19H23N5O. The van der Waals surface area contributed by atoms with Gasteiger partial charge in [0.15, 0.2) is 5.82 Å². The Kier molecular flexibility index (Phi) is 5.94. The van der Waals surface area contributed by atoms with Crippen molar-refractivity contribution in [3.63, 3.8) is 0 Å². The molecule has 2 aromatic rings. The highest BCUT2D eigenvalue weighted by atomic mass is 16.5. The molecule has 3 rings (SSSR count). The molecule has 0 saturated carbocycles.